The zero-order valence-electron chi connectivity index (χ0n) is 10.5. The molecular weight excluding hydrogens is 319 g/mol. The van der Waals surface area contributed by atoms with Gasteiger partial charge in [0.05, 0.1) is 4.47 Å². The maximum atomic E-state index is 13.0. The lowest BCUT2D eigenvalue weighted by molar-refractivity contribution is -0.141. The average Bonchev–Trinajstić information content (AvgIpc) is 2.34. The van der Waals surface area contributed by atoms with Crippen molar-refractivity contribution < 1.29 is 19.1 Å². The van der Waals surface area contributed by atoms with Crippen LogP contribution < -0.4 is 5.32 Å². The van der Waals surface area contributed by atoms with Gasteiger partial charge in [-0.05, 0) is 40.5 Å². The van der Waals surface area contributed by atoms with Gasteiger partial charge in [0.25, 0.3) is 0 Å². The van der Waals surface area contributed by atoms with Crippen LogP contribution in [0.5, 0.6) is 0 Å². The fourth-order valence-electron chi connectivity index (χ4n) is 1.54. The fourth-order valence-corrected chi connectivity index (χ4v) is 1.92. The molecule has 1 atom stereocenters. The summed E-state index contributed by atoms with van der Waals surface area (Å²) < 4.78 is 13.3. The third-order valence-electron chi connectivity index (χ3n) is 2.63. The van der Waals surface area contributed by atoms with Crippen molar-refractivity contribution in [2.45, 2.75) is 19.4 Å². The third-order valence-corrected chi connectivity index (χ3v) is 3.24. The van der Waals surface area contributed by atoms with Crippen LogP contribution >= 0.6 is 15.9 Å². The number of benzene rings is 1. The Morgan fingerprint density at radius 3 is 2.63 bits per heavy atom. The van der Waals surface area contributed by atoms with Crippen molar-refractivity contribution in [1.82, 2.24) is 4.90 Å². The lowest BCUT2D eigenvalue weighted by Gasteiger charge is -2.24. The highest BCUT2D eigenvalue weighted by molar-refractivity contribution is 9.10. The van der Waals surface area contributed by atoms with E-state index in [9.17, 15) is 14.0 Å². The molecule has 0 bridgehead atoms. The second-order valence-electron chi connectivity index (χ2n) is 3.93. The Hall–Kier alpha value is -1.63. The molecule has 1 aromatic rings. The van der Waals surface area contributed by atoms with Crippen LogP contribution in [-0.4, -0.2) is 35.1 Å². The summed E-state index contributed by atoms with van der Waals surface area (Å²) in [7, 11) is 1.40. The molecule has 0 fully saturated rings. The molecule has 0 aliphatic carbocycles. The van der Waals surface area contributed by atoms with Gasteiger partial charge in [0.2, 0.25) is 0 Å². The maximum absolute atomic E-state index is 13.0. The Labute approximate surface area is 118 Å². The molecule has 1 rings (SSSR count). The number of rotatable bonds is 4. The summed E-state index contributed by atoms with van der Waals surface area (Å²) >= 11 is 3.00. The van der Waals surface area contributed by atoms with Crippen LogP contribution in [0.4, 0.5) is 14.9 Å². The van der Waals surface area contributed by atoms with Crippen molar-refractivity contribution in [3.63, 3.8) is 0 Å². The number of aliphatic carboxylic acids is 1. The summed E-state index contributed by atoms with van der Waals surface area (Å²) in [5.74, 6) is -1.51. The lowest BCUT2D eigenvalue weighted by Crippen LogP contribution is -2.44. The summed E-state index contributed by atoms with van der Waals surface area (Å²) in [5, 5.41) is 11.5. The fraction of sp³-hybridized carbons (Fsp3) is 0.333. The maximum Gasteiger partial charge on any atom is 0.326 e. The van der Waals surface area contributed by atoms with E-state index < -0.39 is 23.9 Å². The van der Waals surface area contributed by atoms with Crippen molar-refractivity contribution in [3.05, 3.63) is 28.5 Å². The molecule has 0 heterocycles. The van der Waals surface area contributed by atoms with Crippen LogP contribution in [0.15, 0.2) is 22.7 Å². The number of anilines is 1. The van der Waals surface area contributed by atoms with E-state index in [0.29, 0.717) is 12.1 Å². The minimum Gasteiger partial charge on any atom is -0.480 e. The van der Waals surface area contributed by atoms with E-state index in [0.717, 1.165) is 4.90 Å². The topological polar surface area (TPSA) is 69.6 Å². The molecule has 0 saturated heterocycles. The van der Waals surface area contributed by atoms with Gasteiger partial charge in [0.1, 0.15) is 11.9 Å². The van der Waals surface area contributed by atoms with E-state index in [1.807, 2.05) is 0 Å². The number of amides is 2. The van der Waals surface area contributed by atoms with Crippen LogP contribution in [0.2, 0.25) is 0 Å². The van der Waals surface area contributed by atoms with Gasteiger partial charge in [-0.25, -0.2) is 14.0 Å². The monoisotopic (exact) mass is 332 g/mol. The molecular formula is C12H14BrFN2O3. The first kappa shape index (κ1) is 15.4. The van der Waals surface area contributed by atoms with Crippen LogP contribution in [0.25, 0.3) is 0 Å². The smallest absolute Gasteiger partial charge is 0.326 e. The van der Waals surface area contributed by atoms with Gasteiger partial charge < -0.3 is 15.3 Å². The second kappa shape index (κ2) is 6.51. The van der Waals surface area contributed by atoms with Crippen molar-refractivity contribution in [3.8, 4) is 0 Å². The highest BCUT2D eigenvalue weighted by Gasteiger charge is 2.24. The third kappa shape index (κ3) is 3.92. The second-order valence-corrected chi connectivity index (χ2v) is 4.79. The van der Waals surface area contributed by atoms with Gasteiger partial charge in [0.15, 0.2) is 0 Å². The number of nitrogens with zero attached hydrogens (tertiary/aromatic N) is 1. The summed E-state index contributed by atoms with van der Waals surface area (Å²) in [6, 6.07) is 2.54. The first-order valence-electron chi connectivity index (χ1n) is 5.58. The molecule has 19 heavy (non-hydrogen) atoms. The Morgan fingerprint density at radius 1 is 1.53 bits per heavy atom. The first-order valence-corrected chi connectivity index (χ1v) is 6.37. The molecule has 0 saturated carbocycles. The number of halogens is 2. The minimum atomic E-state index is -1.07. The van der Waals surface area contributed by atoms with E-state index in [2.05, 4.69) is 21.2 Å². The molecule has 0 aliphatic heterocycles. The van der Waals surface area contributed by atoms with Crippen molar-refractivity contribution in [1.29, 1.82) is 0 Å². The number of carbonyl (C=O) groups is 2. The van der Waals surface area contributed by atoms with Crippen molar-refractivity contribution in [2.75, 3.05) is 12.4 Å². The molecule has 104 valence electrons. The van der Waals surface area contributed by atoms with Gasteiger partial charge >= 0.3 is 12.0 Å². The number of carbonyl (C=O) groups excluding carboxylic acids is 1. The summed E-state index contributed by atoms with van der Waals surface area (Å²) in [6.45, 7) is 1.68. The highest BCUT2D eigenvalue weighted by Crippen LogP contribution is 2.20. The SMILES string of the molecule is CCC(C(=O)O)N(C)C(=O)Nc1ccc(F)c(Br)c1. The van der Waals surface area contributed by atoms with E-state index in [1.54, 1.807) is 6.92 Å². The molecule has 0 radical (unpaired) electrons. The summed E-state index contributed by atoms with van der Waals surface area (Å²) in [5.41, 5.74) is 0.380. The molecule has 2 amide bonds. The van der Waals surface area contributed by atoms with Crippen LogP contribution in [0.3, 0.4) is 0 Å². The minimum absolute atomic E-state index is 0.221. The van der Waals surface area contributed by atoms with E-state index in [1.165, 1.54) is 25.2 Å². The zero-order valence-corrected chi connectivity index (χ0v) is 12.1. The number of hydrogen-bond donors (Lipinski definition) is 2. The number of urea groups is 1. The van der Waals surface area contributed by atoms with Crippen LogP contribution in [0, 0.1) is 5.82 Å². The van der Waals surface area contributed by atoms with Gasteiger partial charge in [-0.3, -0.25) is 0 Å². The Kier molecular flexibility index (Phi) is 5.29. The Morgan fingerprint density at radius 2 is 2.16 bits per heavy atom. The quantitative estimate of drug-likeness (QED) is 0.890. The van der Waals surface area contributed by atoms with Crippen LogP contribution in [-0.2, 0) is 4.79 Å². The molecule has 0 aliphatic rings. The Bertz CT molecular complexity index is 496. The summed E-state index contributed by atoms with van der Waals surface area (Å²) in [6.07, 6.45) is 0.298. The molecule has 0 aromatic heterocycles. The molecule has 1 unspecified atom stereocenters. The predicted molar refractivity (Wildman–Crippen MR) is 72.6 cm³/mol. The highest BCUT2D eigenvalue weighted by atomic mass is 79.9. The van der Waals surface area contributed by atoms with E-state index >= 15 is 0 Å². The van der Waals surface area contributed by atoms with Crippen molar-refractivity contribution in [2.24, 2.45) is 0 Å². The van der Waals surface area contributed by atoms with Gasteiger partial charge in [-0.2, -0.15) is 0 Å². The van der Waals surface area contributed by atoms with Gasteiger partial charge in [0, 0.05) is 12.7 Å². The molecule has 7 heteroatoms. The normalized spacial score (nSPS) is 11.8. The van der Waals surface area contributed by atoms with E-state index in [-0.39, 0.29) is 4.47 Å². The largest absolute Gasteiger partial charge is 0.480 e. The van der Waals surface area contributed by atoms with Gasteiger partial charge in [-0.1, -0.05) is 6.92 Å². The number of nitrogens with one attached hydrogen (secondary N) is 1. The number of hydrogen-bond acceptors (Lipinski definition) is 2. The predicted octanol–water partition coefficient (Wildman–Crippen LogP) is 2.92. The van der Waals surface area contributed by atoms with Crippen molar-refractivity contribution >= 4 is 33.6 Å². The lowest BCUT2D eigenvalue weighted by atomic mass is 10.2. The first-order chi connectivity index (χ1) is 8.86. The molecule has 2 N–H and O–H groups in total. The number of likely N-dealkylation sites (N-methyl/N-ethyl adjacent to an activating group) is 1. The molecule has 0 spiro atoms. The zero-order chi connectivity index (χ0) is 14.6. The van der Waals surface area contributed by atoms with Gasteiger partial charge in [-0.15, -0.1) is 0 Å². The molecule has 5 nitrogen and oxygen atoms in total. The molecule has 1 aromatic carbocycles. The number of carboxylic acids is 1. The van der Waals surface area contributed by atoms with Crippen LogP contribution in [0.1, 0.15) is 13.3 Å². The average molecular weight is 333 g/mol. The van der Waals surface area contributed by atoms with E-state index in [4.69, 9.17) is 5.11 Å². The standard InChI is InChI=1S/C12H14BrFN2O3/c1-3-10(11(17)18)16(2)12(19)15-7-4-5-9(14)8(13)6-7/h4-6,10H,3H2,1-2H3,(H,15,19)(H,17,18). The number of carboxylic acid groups (broad SMARTS) is 1. The summed E-state index contributed by atoms with van der Waals surface area (Å²) in [4.78, 5) is 23.9. The Balaban J connectivity index is 2.78.